The summed E-state index contributed by atoms with van der Waals surface area (Å²) in [7, 11) is 0. The zero-order valence-electron chi connectivity index (χ0n) is 13.1. The van der Waals surface area contributed by atoms with Crippen LogP contribution in [-0.2, 0) is 4.74 Å². The number of aryl methyl sites for hydroxylation is 2. The summed E-state index contributed by atoms with van der Waals surface area (Å²) in [5, 5.41) is 8.73. The number of carboxylic acids is 1. The van der Waals surface area contributed by atoms with Gasteiger partial charge in [0, 0.05) is 12.4 Å². The van der Waals surface area contributed by atoms with E-state index in [1.54, 1.807) is 20.8 Å². The molecule has 8 nitrogen and oxygen atoms in total. The predicted molar refractivity (Wildman–Crippen MR) is 86.5 cm³/mol. The molecule has 0 aliphatic carbocycles. The minimum absolute atomic E-state index is 0.0625. The number of aromatic carboxylic acids is 1. The number of carbonyl (C=O) groups excluding carboxylic acids is 1. The molecule has 1 N–H and O–H groups in total. The molecular formula is C14H14Cl2N4O4. The SMILES string of the molecule is CCOC(=O)c1cnc(Cl)nc1C.Cc1nc(Cl)ncc1C(=O)O. The summed E-state index contributed by atoms with van der Waals surface area (Å²) in [6.45, 7) is 5.32. The maximum atomic E-state index is 11.2. The van der Waals surface area contributed by atoms with E-state index in [1.807, 2.05) is 0 Å². The smallest absolute Gasteiger partial charge is 0.341 e. The van der Waals surface area contributed by atoms with Crippen molar-refractivity contribution in [1.82, 2.24) is 19.9 Å². The summed E-state index contributed by atoms with van der Waals surface area (Å²) in [5.74, 6) is -1.46. The van der Waals surface area contributed by atoms with E-state index in [4.69, 9.17) is 33.0 Å². The van der Waals surface area contributed by atoms with E-state index in [2.05, 4.69) is 19.9 Å². The van der Waals surface area contributed by atoms with Crippen molar-refractivity contribution in [3.05, 3.63) is 45.5 Å². The van der Waals surface area contributed by atoms with Gasteiger partial charge in [0.1, 0.15) is 0 Å². The average Bonchev–Trinajstić information content (AvgIpc) is 2.47. The molecule has 10 heteroatoms. The van der Waals surface area contributed by atoms with Crippen LogP contribution in [0, 0.1) is 13.8 Å². The van der Waals surface area contributed by atoms with Gasteiger partial charge in [0.15, 0.2) is 0 Å². The summed E-state index contributed by atoms with van der Waals surface area (Å²) in [5.41, 5.74) is 1.33. The highest BCUT2D eigenvalue weighted by atomic mass is 35.5. The second-order valence-electron chi connectivity index (χ2n) is 4.30. The summed E-state index contributed by atoms with van der Waals surface area (Å²) in [4.78, 5) is 36.4. The Labute approximate surface area is 147 Å². The molecule has 0 spiro atoms. The van der Waals surface area contributed by atoms with Gasteiger partial charge in [-0.2, -0.15) is 0 Å². The molecular weight excluding hydrogens is 359 g/mol. The van der Waals surface area contributed by atoms with Crippen LogP contribution < -0.4 is 0 Å². The van der Waals surface area contributed by atoms with Crippen molar-refractivity contribution in [2.75, 3.05) is 6.61 Å². The molecule has 2 aromatic rings. The summed E-state index contributed by atoms with van der Waals surface area (Å²) < 4.78 is 4.79. The van der Waals surface area contributed by atoms with E-state index >= 15 is 0 Å². The lowest BCUT2D eigenvalue weighted by Gasteiger charge is -2.03. The Bertz CT molecular complexity index is 756. The molecule has 2 aromatic heterocycles. The van der Waals surface area contributed by atoms with Crippen molar-refractivity contribution in [3.8, 4) is 0 Å². The fourth-order valence-corrected chi connectivity index (χ4v) is 1.85. The van der Waals surface area contributed by atoms with Gasteiger partial charge in [-0.15, -0.1) is 0 Å². The van der Waals surface area contributed by atoms with Crippen molar-refractivity contribution in [1.29, 1.82) is 0 Å². The maximum absolute atomic E-state index is 11.2. The highest BCUT2D eigenvalue weighted by Gasteiger charge is 2.11. The first-order chi connectivity index (χ1) is 11.3. The largest absolute Gasteiger partial charge is 0.478 e. The Morgan fingerprint density at radius 1 is 1.04 bits per heavy atom. The molecule has 128 valence electrons. The molecule has 0 unspecified atom stereocenters. The molecule has 24 heavy (non-hydrogen) atoms. The molecule has 0 aliphatic rings. The van der Waals surface area contributed by atoms with Crippen LogP contribution in [0.1, 0.15) is 39.0 Å². The number of esters is 1. The summed E-state index contributed by atoms with van der Waals surface area (Å²) in [6, 6.07) is 0. The maximum Gasteiger partial charge on any atom is 0.341 e. The number of carboxylic acid groups (broad SMARTS) is 1. The van der Waals surface area contributed by atoms with Gasteiger partial charge in [0.05, 0.1) is 29.1 Å². The van der Waals surface area contributed by atoms with Crippen molar-refractivity contribution < 1.29 is 19.4 Å². The molecule has 0 fully saturated rings. The Hall–Kier alpha value is -2.32. The molecule has 0 aliphatic heterocycles. The van der Waals surface area contributed by atoms with Gasteiger partial charge in [0.25, 0.3) is 0 Å². The normalized spacial score (nSPS) is 9.71. The second-order valence-corrected chi connectivity index (χ2v) is 4.98. The third kappa shape index (κ3) is 5.71. The topological polar surface area (TPSA) is 115 Å². The number of hydrogen-bond donors (Lipinski definition) is 1. The van der Waals surface area contributed by atoms with Crippen LogP contribution >= 0.6 is 23.2 Å². The Morgan fingerprint density at radius 2 is 1.50 bits per heavy atom. The van der Waals surface area contributed by atoms with Gasteiger partial charge in [-0.1, -0.05) is 0 Å². The van der Waals surface area contributed by atoms with E-state index in [9.17, 15) is 9.59 Å². The van der Waals surface area contributed by atoms with E-state index in [1.165, 1.54) is 12.4 Å². The Morgan fingerprint density at radius 3 is 1.88 bits per heavy atom. The molecule has 0 aromatic carbocycles. The Kier molecular flexibility index (Phi) is 7.47. The highest BCUT2D eigenvalue weighted by molar-refractivity contribution is 6.28. The van der Waals surface area contributed by atoms with Gasteiger partial charge >= 0.3 is 11.9 Å². The standard InChI is InChI=1S/C8H9ClN2O2.C6H5ClN2O2/c1-3-13-7(12)6-4-10-8(9)11-5(6)2;1-3-4(5(10)11)2-8-6(7)9-3/h4H,3H2,1-2H3;2H,1H3,(H,10,11). The van der Waals surface area contributed by atoms with E-state index < -0.39 is 11.9 Å². The van der Waals surface area contributed by atoms with Crippen LogP contribution in [0.2, 0.25) is 10.6 Å². The molecule has 2 heterocycles. The number of rotatable bonds is 3. The van der Waals surface area contributed by atoms with Crippen LogP contribution in [0.3, 0.4) is 0 Å². The quantitative estimate of drug-likeness (QED) is 0.645. The monoisotopic (exact) mass is 372 g/mol. The molecule has 0 bridgehead atoms. The molecule has 0 saturated carbocycles. The van der Waals surface area contributed by atoms with Crippen molar-refractivity contribution in [2.45, 2.75) is 20.8 Å². The number of carbonyl (C=O) groups is 2. The highest BCUT2D eigenvalue weighted by Crippen LogP contribution is 2.08. The van der Waals surface area contributed by atoms with Crippen LogP contribution in [0.25, 0.3) is 0 Å². The van der Waals surface area contributed by atoms with Gasteiger partial charge in [0.2, 0.25) is 10.6 Å². The van der Waals surface area contributed by atoms with Crippen LogP contribution in [0.4, 0.5) is 0 Å². The first-order valence-corrected chi connectivity index (χ1v) is 7.40. The second kappa shape index (κ2) is 9.09. The van der Waals surface area contributed by atoms with Crippen molar-refractivity contribution in [3.63, 3.8) is 0 Å². The van der Waals surface area contributed by atoms with Crippen LogP contribution in [0.5, 0.6) is 0 Å². The molecule has 0 atom stereocenters. The number of halogens is 2. The van der Waals surface area contributed by atoms with Crippen LogP contribution in [0.15, 0.2) is 12.4 Å². The summed E-state index contributed by atoms with van der Waals surface area (Å²) in [6.07, 6.45) is 2.55. The third-order valence-electron chi connectivity index (χ3n) is 2.63. The van der Waals surface area contributed by atoms with Crippen molar-refractivity contribution in [2.24, 2.45) is 0 Å². The fraction of sp³-hybridized carbons (Fsp3) is 0.286. The van der Waals surface area contributed by atoms with Gasteiger partial charge in [-0.05, 0) is 44.0 Å². The minimum Gasteiger partial charge on any atom is -0.478 e. The fourth-order valence-electron chi connectivity index (χ4n) is 1.50. The number of nitrogens with zero attached hydrogens (tertiary/aromatic N) is 4. The zero-order valence-corrected chi connectivity index (χ0v) is 14.6. The molecule has 0 amide bonds. The van der Waals surface area contributed by atoms with E-state index in [0.29, 0.717) is 23.6 Å². The molecule has 0 radical (unpaired) electrons. The van der Waals surface area contributed by atoms with Gasteiger partial charge < -0.3 is 9.84 Å². The van der Waals surface area contributed by atoms with E-state index in [0.717, 1.165) is 0 Å². The zero-order chi connectivity index (χ0) is 18.3. The van der Waals surface area contributed by atoms with Gasteiger partial charge in [-0.3, -0.25) is 0 Å². The minimum atomic E-state index is -1.04. The lowest BCUT2D eigenvalue weighted by atomic mass is 10.2. The first-order valence-electron chi connectivity index (χ1n) is 6.65. The van der Waals surface area contributed by atoms with Gasteiger partial charge in [-0.25, -0.2) is 29.5 Å². The number of ether oxygens (including phenoxy) is 1. The Balaban J connectivity index is 0.000000243. The number of hydrogen-bond acceptors (Lipinski definition) is 7. The van der Waals surface area contributed by atoms with Crippen LogP contribution in [-0.4, -0.2) is 43.6 Å². The first kappa shape index (κ1) is 19.7. The lowest BCUT2D eigenvalue weighted by molar-refractivity contribution is 0.0524. The number of aromatic nitrogens is 4. The van der Waals surface area contributed by atoms with Crippen molar-refractivity contribution >= 4 is 35.1 Å². The lowest BCUT2D eigenvalue weighted by Crippen LogP contribution is -2.08. The average molecular weight is 373 g/mol. The summed E-state index contributed by atoms with van der Waals surface area (Å²) >= 11 is 10.9. The molecule has 0 saturated heterocycles. The molecule has 2 rings (SSSR count). The predicted octanol–water partition coefficient (Wildman–Crippen LogP) is 2.75. The third-order valence-corrected chi connectivity index (χ3v) is 2.99. The van der Waals surface area contributed by atoms with E-state index in [-0.39, 0.29) is 16.1 Å².